The number of carbonyl (C=O) groups is 1. The Morgan fingerprint density at radius 1 is 1.29 bits per heavy atom. The van der Waals surface area contributed by atoms with Gasteiger partial charge in [0, 0.05) is 12.2 Å². The normalized spacial score (nSPS) is 15.1. The van der Waals surface area contributed by atoms with Gasteiger partial charge in [0.25, 0.3) is 0 Å². The topological polar surface area (TPSA) is 57.5 Å². The second-order valence-corrected chi connectivity index (χ2v) is 4.28. The molecule has 14 heavy (non-hydrogen) atoms. The molecule has 0 aromatic carbocycles. The number of thiol groups is 1. The van der Waals surface area contributed by atoms with Crippen LogP contribution in [0.3, 0.4) is 0 Å². The summed E-state index contributed by atoms with van der Waals surface area (Å²) in [5.74, 6) is -0.255. The highest BCUT2D eigenvalue weighted by Crippen LogP contribution is 2.16. The number of aliphatic carboxylic acids is 1. The minimum Gasteiger partial charge on any atom is -0.481 e. The van der Waals surface area contributed by atoms with Crippen molar-refractivity contribution in [3.8, 4) is 0 Å². The van der Waals surface area contributed by atoms with Crippen molar-refractivity contribution in [1.82, 2.24) is 0 Å². The molecule has 0 bridgehead atoms. The number of unbranched alkanes of at least 4 members (excludes halogenated alkanes) is 3. The van der Waals surface area contributed by atoms with E-state index < -0.39 is 11.6 Å². The highest BCUT2D eigenvalue weighted by atomic mass is 32.1. The monoisotopic (exact) mass is 220 g/mol. The zero-order chi connectivity index (χ0) is 11.0. The Morgan fingerprint density at radius 2 is 1.86 bits per heavy atom. The van der Waals surface area contributed by atoms with Crippen LogP contribution in [0, 0.1) is 0 Å². The number of hydrogen-bond donors (Lipinski definition) is 3. The highest BCUT2D eigenvalue weighted by Gasteiger charge is 2.16. The third kappa shape index (κ3) is 8.38. The summed E-state index contributed by atoms with van der Waals surface area (Å²) in [7, 11) is 0. The zero-order valence-electron chi connectivity index (χ0n) is 8.70. The molecule has 0 saturated carbocycles. The number of aliphatic hydroxyl groups is 1. The van der Waals surface area contributed by atoms with E-state index in [1.165, 1.54) is 0 Å². The Morgan fingerprint density at radius 3 is 2.36 bits per heavy atom. The average molecular weight is 220 g/mol. The summed E-state index contributed by atoms with van der Waals surface area (Å²) in [6.45, 7) is 1.78. The summed E-state index contributed by atoms with van der Waals surface area (Å²) in [5, 5.41) is 18.0. The molecule has 1 unspecified atom stereocenters. The Balaban J connectivity index is 3.25. The Kier molecular flexibility index (Phi) is 7.01. The van der Waals surface area contributed by atoms with E-state index in [2.05, 4.69) is 12.6 Å². The summed E-state index contributed by atoms with van der Waals surface area (Å²) in [5.41, 5.74) is -0.671. The molecule has 0 fully saturated rings. The molecule has 0 aliphatic carbocycles. The van der Waals surface area contributed by atoms with Gasteiger partial charge in [-0.05, 0) is 19.8 Å². The van der Waals surface area contributed by atoms with Crippen molar-refractivity contribution in [3.05, 3.63) is 0 Å². The van der Waals surface area contributed by atoms with Crippen LogP contribution in [-0.2, 0) is 4.79 Å². The van der Waals surface area contributed by atoms with Crippen molar-refractivity contribution < 1.29 is 15.0 Å². The number of carboxylic acids is 1. The molecule has 0 amide bonds. The van der Waals surface area contributed by atoms with E-state index >= 15 is 0 Å². The first-order chi connectivity index (χ1) is 6.48. The molecule has 3 nitrogen and oxygen atoms in total. The van der Waals surface area contributed by atoms with Gasteiger partial charge < -0.3 is 10.2 Å². The second kappa shape index (κ2) is 7.12. The maximum atomic E-state index is 10.2. The van der Waals surface area contributed by atoms with E-state index in [1.54, 1.807) is 6.92 Å². The summed E-state index contributed by atoms with van der Waals surface area (Å²) in [4.78, 5) is 10.2. The van der Waals surface area contributed by atoms with Crippen LogP contribution in [0.5, 0.6) is 0 Å². The lowest BCUT2D eigenvalue weighted by atomic mass is 10.00. The van der Waals surface area contributed by atoms with Gasteiger partial charge in [0.05, 0.1) is 5.60 Å². The third-order valence-corrected chi connectivity index (χ3v) is 2.88. The van der Waals surface area contributed by atoms with Gasteiger partial charge in [-0.1, -0.05) is 19.3 Å². The molecule has 0 aromatic heterocycles. The van der Waals surface area contributed by atoms with Gasteiger partial charge in [-0.25, -0.2) is 0 Å². The Labute approximate surface area is 90.9 Å². The molecule has 2 N–H and O–H groups in total. The van der Waals surface area contributed by atoms with Crippen LogP contribution >= 0.6 is 12.6 Å². The molecular formula is C10H20O3S. The SMILES string of the molecule is CC(O)(CS)CCCCCCC(=O)O. The molecule has 0 radical (unpaired) electrons. The van der Waals surface area contributed by atoms with Gasteiger partial charge in [0.15, 0.2) is 0 Å². The minimum absolute atomic E-state index is 0.253. The lowest BCUT2D eigenvalue weighted by molar-refractivity contribution is -0.137. The van der Waals surface area contributed by atoms with Crippen LogP contribution in [-0.4, -0.2) is 27.5 Å². The third-order valence-electron chi connectivity index (χ3n) is 2.20. The predicted octanol–water partition coefficient (Wildman–Crippen LogP) is 2.09. The van der Waals surface area contributed by atoms with E-state index in [4.69, 9.17) is 5.11 Å². The molecule has 0 aliphatic rings. The van der Waals surface area contributed by atoms with Gasteiger partial charge >= 0.3 is 5.97 Å². The quantitative estimate of drug-likeness (QED) is 0.433. The van der Waals surface area contributed by atoms with E-state index in [-0.39, 0.29) is 6.42 Å². The first-order valence-corrected chi connectivity index (χ1v) is 5.66. The van der Waals surface area contributed by atoms with E-state index in [0.717, 1.165) is 32.1 Å². The van der Waals surface area contributed by atoms with Gasteiger partial charge in [0.2, 0.25) is 0 Å². The van der Waals surface area contributed by atoms with Gasteiger partial charge in [-0.3, -0.25) is 4.79 Å². The molecule has 0 saturated heterocycles. The predicted molar refractivity (Wildman–Crippen MR) is 59.8 cm³/mol. The standard InChI is InChI=1S/C10H20O3S/c1-10(13,8-14)7-5-3-2-4-6-9(11)12/h13-14H,2-8H2,1H3,(H,11,12). The molecular weight excluding hydrogens is 200 g/mol. The molecule has 0 heterocycles. The lowest BCUT2D eigenvalue weighted by Gasteiger charge is -2.20. The largest absolute Gasteiger partial charge is 0.481 e. The van der Waals surface area contributed by atoms with E-state index in [1.807, 2.05) is 0 Å². The van der Waals surface area contributed by atoms with Gasteiger partial charge in [-0.2, -0.15) is 12.6 Å². The lowest BCUT2D eigenvalue weighted by Crippen LogP contribution is -2.25. The molecule has 0 spiro atoms. The van der Waals surface area contributed by atoms with Crippen LogP contribution in [0.2, 0.25) is 0 Å². The maximum Gasteiger partial charge on any atom is 0.303 e. The average Bonchev–Trinajstić information content (AvgIpc) is 2.10. The summed E-state index contributed by atoms with van der Waals surface area (Å²) in [6, 6.07) is 0. The maximum absolute atomic E-state index is 10.2. The fraction of sp³-hybridized carbons (Fsp3) is 0.900. The minimum atomic E-state index is -0.729. The molecule has 0 aromatic rings. The number of carboxylic acid groups (broad SMARTS) is 1. The van der Waals surface area contributed by atoms with Crippen LogP contribution in [0.4, 0.5) is 0 Å². The van der Waals surface area contributed by atoms with Crippen LogP contribution < -0.4 is 0 Å². The summed E-state index contributed by atoms with van der Waals surface area (Å²) in [6.07, 6.45) is 4.57. The molecule has 0 aliphatic heterocycles. The molecule has 4 heteroatoms. The highest BCUT2D eigenvalue weighted by molar-refractivity contribution is 7.80. The van der Waals surface area contributed by atoms with Crippen LogP contribution in [0.25, 0.3) is 0 Å². The van der Waals surface area contributed by atoms with Crippen molar-refractivity contribution in [2.75, 3.05) is 5.75 Å². The zero-order valence-corrected chi connectivity index (χ0v) is 9.59. The van der Waals surface area contributed by atoms with Crippen molar-refractivity contribution in [3.63, 3.8) is 0 Å². The number of hydrogen-bond acceptors (Lipinski definition) is 3. The fourth-order valence-electron chi connectivity index (χ4n) is 1.21. The Hall–Kier alpha value is -0.220. The van der Waals surface area contributed by atoms with Crippen molar-refractivity contribution in [2.24, 2.45) is 0 Å². The van der Waals surface area contributed by atoms with E-state index in [0.29, 0.717) is 5.75 Å². The van der Waals surface area contributed by atoms with Crippen molar-refractivity contribution in [1.29, 1.82) is 0 Å². The number of rotatable bonds is 8. The first kappa shape index (κ1) is 13.8. The molecule has 0 rings (SSSR count). The Bertz CT molecular complexity index is 169. The smallest absolute Gasteiger partial charge is 0.303 e. The van der Waals surface area contributed by atoms with E-state index in [9.17, 15) is 9.90 Å². The summed E-state index contributed by atoms with van der Waals surface area (Å²) < 4.78 is 0. The molecule has 1 atom stereocenters. The fourth-order valence-corrected chi connectivity index (χ4v) is 1.37. The van der Waals surface area contributed by atoms with Crippen molar-refractivity contribution >= 4 is 18.6 Å². The van der Waals surface area contributed by atoms with Crippen molar-refractivity contribution in [2.45, 2.75) is 51.0 Å². The summed E-state index contributed by atoms with van der Waals surface area (Å²) >= 11 is 4.04. The first-order valence-electron chi connectivity index (χ1n) is 5.03. The van der Waals surface area contributed by atoms with Gasteiger partial charge in [0.1, 0.15) is 0 Å². The molecule has 84 valence electrons. The van der Waals surface area contributed by atoms with Gasteiger partial charge in [-0.15, -0.1) is 0 Å². The van der Waals surface area contributed by atoms with Crippen LogP contribution in [0.1, 0.15) is 45.4 Å². The van der Waals surface area contributed by atoms with Crippen LogP contribution in [0.15, 0.2) is 0 Å². The second-order valence-electron chi connectivity index (χ2n) is 3.96.